The highest BCUT2D eigenvalue weighted by Gasteiger charge is 2.15. The molecule has 146 valence electrons. The van der Waals surface area contributed by atoms with Crippen molar-refractivity contribution < 1.29 is 0 Å². The van der Waals surface area contributed by atoms with Crippen molar-refractivity contribution in [3.8, 4) is 11.3 Å². The Morgan fingerprint density at radius 2 is 1.50 bits per heavy atom. The van der Waals surface area contributed by atoms with Crippen molar-refractivity contribution in [2.75, 3.05) is 0 Å². The van der Waals surface area contributed by atoms with Crippen molar-refractivity contribution in [3.63, 3.8) is 0 Å². The maximum Gasteiger partial charge on any atom is 0.141 e. The first-order chi connectivity index (χ1) is 14.4. The zero-order chi connectivity index (χ0) is 21.0. The lowest BCUT2D eigenvalue weighted by Crippen LogP contribution is -2.09. The summed E-state index contributed by atoms with van der Waals surface area (Å²) in [5.41, 5.74) is 6.42. The van der Waals surface area contributed by atoms with Gasteiger partial charge in [-0.2, -0.15) is 0 Å². The Morgan fingerprint density at radius 3 is 2.27 bits per heavy atom. The molecule has 30 heavy (non-hydrogen) atoms. The van der Waals surface area contributed by atoms with Gasteiger partial charge in [0.15, 0.2) is 0 Å². The minimum absolute atomic E-state index is 0.363. The number of aromatic nitrogens is 2. The second-order valence-corrected chi connectivity index (χ2v) is 8.74. The number of hydrogen-bond acceptors (Lipinski definition) is 1. The van der Waals surface area contributed by atoms with E-state index in [4.69, 9.17) is 12.8 Å². The summed E-state index contributed by atoms with van der Waals surface area (Å²) in [5.74, 6) is 0.477. The molecule has 2 nitrogen and oxygen atoms in total. The molecule has 0 fully saturated rings. The molecule has 0 aliphatic rings. The van der Waals surface area contributed by atoms with Crippen molar-refractivity contribution in [1.82, 2.24) is 9.55 Å². The average molecular weight is 388 g/mol. The molecule has 0 amide bonds. The van der Waals surface area contributed by atoms with E-state index in [0.717, 1.165) is 22.0 Å². The van der Waals surface area contributed by atoms with Crippen molar-refractivity contribution in [1.29, 1.82) is 0 Å². The van der Waals surface area contributed by atoms with E-state index >= 15 is 0 Å². The van der Waals surface area contributed by atoms with Crippen molar-refractivity contribution in [2.24, 2.45) is 0 Å². The van der Waals surface area contributed by atoms with Crippen LogP contribution in [-0.4, -0.2) is 17.4 Å². The Hall–Kier alpha value is -3.07. The van der Waals surface area contributed by atoms with E-state index in [1.165, 1.54) is 27.4 Å². The summed E-state index contributed by atoms with van der Waals surface area (Å²) in [6, 6.07) is 24.3. The molecular weight excluding hydrogens is 363 g/mol. The minimum atomic E-state index is 0.363. The molecule has 0 saturated heterocycles. The van der Waals surface area contributed by atoms with Gasteiger partial charge in [-0.25, -0.2) is 0 Å². The van der Waals surface area contributed by atoms with Crippen LogP contribution in [0.25, 0.3) is 43.8 Å². The highest BCUT2D eigenvalue weighted by atomic mass is 15.0. The lowest BCUT2D eigenvalue weighted by atomic mass is 9.93. The molecule has 2 heterocycles. The molecule has 0 aliphatic carbocycles. The number of hydrogen-bond donors (Lipinski definition) is 0. The number of rotatable bonds is 3. The molecule has 2 aromatic heterocycles. The summed E-state index contributed by atoms with van der Waals surface area (Å²) in [5, 5.41) is 4.85. The van der Waals surface area contributed by atoms with E-state index in [0.29, 0.717) is 17.6 Å². The van der Waals surface area contributed by atoms with Crippen LogP contribution in [0.15, 0.2) is 66.7 Å². The maximum atomic E-state index is 6.22. The fourth-order valence-corrected chi connectivity index (χ4v) is 4.58. The molecule has 5 aromatic rings. The van der Waals surface area contributed by atoms with Crippen LogP contribution in [0, 0.1) is 0 Å². The van der Waals surface area contributed by atoms with E-state index in [1.54, 1.807) is 0 Å². The number of pyridine rings is 1. The summed E-state index contributed by atoms with van der Waals surface area (Å²) in [7, 11) is 6.22. The Bertz CT molecular complexity index is 1410. The van der Waals surface area contributed by atoms with Gasteiger partial charge in [0.1, 0.15) is 7.85 Å². The third kappa shape index (κ3) is 2.92. The SMILES string of the molecule is [B]c1cc2cc(C(C)C)ccc2c(-c2ccc3c4ccccc4n(C(C)C)c3c2)n1. The standard InChI is InChI=1S/C27H25BN2/c1-16(2)18-9-11-21-20(13-18)15-26(28)29-27(21)19-10-12-23-22-7-5-6-8-24(22)30(17(3)4)25(23)14-19/h5-17H,1-4H3. The third-order valence-corrected chi connectivity index (χ3v) is 6.04. The zero-order valence-corrected chi connectivity index (χ0v) is 18.0. The predicted molar refractivity (Wildman–Crippen MR) is 130 cm³/mol. The second kappa shape index (κ2) is 7.02. The fraction of sp³-hybridized carbons (Fsp3) is 0.222. The van der Waals surface area contributed by atoms with Crippen LogP contribution in [0.3, 0.4) is 0 Å². The minimum Gasteiger partial charge on any atom is -0.338 e. The van der Waals surface area contributed by atoms with Gasteiger partial charge in [0.05, 0.1) is 11.2 Å². The summed E-state index contributed by atoms with van der Waals surface area (Å²) in [6.45, 7) is 8.90. The molecule has 0 atom stereocenters. The summed E-state index contributed by atoms with van der Waals surface area (Å²) in [4.78, 5) is 4.75. The molecule has 0 unspecified atom stereocenters. The van der Waals surface area contributed by atoms with E-state index in [1.807, 2.05) is 6.07 Å². The summed E-state index contributed by atoms with van der Waals surface area (Å²) in [6.07, 6.45) is 0. The van der Waals surface area contributed by atoms with Gasteiger partial charge in [0.25, 0.3) is 0 Å². The van der Waals surface area contributed by atoms with Gasteiger partial charge in [-0.05, 0) is 54.5 Å². The molecule has 0 N–H and O–H groups in total. The van der Waals surface area contributed by atoms with Crippen molar-refractivity contribution >= 4 is 46.0 Å². The first kappa shape index (κ1) is 18.9. The van der Waals surface area contributed by atoms with Gasteiger partial charge in [-0.3, -0.25) is 4.98 Å². The maximum absolute atomic E-state index is 6.22. The number of benzene rings is 3. The number of fused-ring (bicyclic) bond motifs is 4. The topological polar surface area (TPSA) is 17.8 Å². The Labute approximate surface area is 179 Å². The fourth-order valence-electron chi connectivity index (χ4n) is 4.58. The van der Waals surface area contributed by atoms with Gasteiger partial charge in [-0.15, -0.1) is 0 Å². The van der Waals surface area contributed by atoms with Gasteiger partial charge in [0, 0.05) is 33.3 Å². The smallest absolute Gasteiger partial charge is 0.141 e. The van der Waals surface area contributed by atoms with Crippen LogP contribution >= 0.6 is 0 Å². The molecular formula is C27H25BN2. The first-order valence-electron chi connectivity index (χ1n) is 10.7. The van der Waals surface area contributed by atoms with Gasteiger partial charge in [0.2, 0.25) is 0 Å². The Kier molecular flexibility index (Phi) is 4.43. The monoisotopic (exact) mass is 388 g/mol. The lowest BCUT2D eigenvalue weighted by Gasteiger charge is -2.14. The summed E-state index contributed by atoms with van der Waals surface area (Å²) >= 11 is 0. The van der Waals surface area contributed by atoms with Crippen LogP contribution in [-0.2, 0) is 0 Å². The number of nitrogens with zero attached hydrogens (tertiary/aromatic N) is 2. The molecule has 5 rings (SSSR count). The lowest BCUT2D eigenvalue weighted by molar-refractivity contribution is 0.642. The molecule has 3 heteroatoms. The van der Waals surface area contributed by atoms with E-state index in [9.17, 15) is 0 Å². The first-order valence-corrected chi connectivity index (χ1v) is 10.7. The highest BCUT2D eigenvalue weighted by Crippen LogP contribution is 2.36. The van der Waals surface area contributed by atoms with Crippen LogP contribution < -0.4 is 5.59 Å². The number of para-hydroxylation sites is 1. The van der Waals surface area contributed by atoms with Crippen molar-refractivity contribution in [2.45, 2.75) is 39.7 Å². The second-order valence-electron chi connectivity index (χ2n) is 8.74. The van der Waals surface area contributed by atoms with Gasteiger partial charge in [-0.1, -0.05) is 62.4 Å². The normalized spacial score (nSPS) is 12.1. The van der Waals surface area contributed by atoms with E-state index < -0.39 is 0 Å². The molecule has 0 bridgehead atoms. The van der Waals surface area contributed by atoms with Crippen LogP contribution in [0.1, 0.15) is 45.2 Å². The van der Waals surface area contributed by atoms with Crippen LogP contribution in [0.5, 0.6) is 0 Å². The zero-order valence-electron chi connectivity index (χ0n) is 18.0. The van der Waals surface area contributed by atoms with E-state index in [-0.39, 0.29) is 0 Å². The predicted octanol–water partition coefficient (Wildman–Crippen LogP) is 6.51. The highest BCUT2D eigenvalue weighted by molar-refractivity contribution is 6.32. The Morgan fingerprint density at radius 1 is 0.767 bits per heavy atom. The molecule has 3 aromatic carbocycles. The van der Waals surface area contributed by atoms with Crippen molar-refractivity contribution in [3.05, 3.63) is 72.3 Å². The molecule has 0 saturated carbocycles. The average Bonchev–Trinajstić information content (AvgIpc) is 3.06. The molecule has 2 radical (unpaired) electrons. The third-order valence-electron chi connectivity index (χ3n) is 6.04. The van der Waals surface area contributed by atoms with Crippen LogP contribution in [0.4, 0.5) is 0 Å². The largest absolute Gasteiger partial charge is 0.338 e. The molecule has 0 aliphatic heterocycles. The van der Waals surface area contributed by atoms with E-state index in [2.05, 4.69) is 92.9 Å². The van der Waals surface area contributed by atoms with Gasteiger partial charge < -0.3 is 4.57 Å². The van der Waals surface area contributed by atoms with Gasteiger partial charge >= 0.3 is 0 Å². The quantitative estimate of drug-likeness (QED) is 0.322. The molecule has 0 spiro atoms. The summed E-state index contributed by atoms with van der Waals surface area (Å²) < 4.78 is 2.42. The Balaban J connectivity index is 1.80. The van der Waals surface area contributed by atoms with Crippen LogP contribution in [0.2, 0.25) is 0 Å².